The van der Waals surface area contributed by atoms with Crippen LogP contribution >= 0.6 is 0 Å². The van der Waals surface area contributed by atoms with Crippen molar-refractivity contribution in [3.05, 3.63) is 35.9 Å². The van der Waals surface area contributed by atoms with Gasteiger partial charge in [0.15, 0.2) is 0 Å². The molecule has 22 heavy (non-hydrogen) atoms. The van der Waals surface area contributed by atoms with Gasteiger partial charge in [0.25, 0.3) is 5.91 Å². The van der Waals surface area contributed by atoms with Crippen LogP contribution < -0.4 is 0 Å². The van der Waals surface area contributed by atoms with Crippen LogP contribution in [0.15, 0.2) is 30.3 Å². The van der Waals surface area contributed by atoms with Gasteiger partial charge in [0.2, 0.25) is 0 Å². The zero-order valence-electron chi connectivity index (χ0n) is 12.7. The SMILES string of the molecule is CC(=O)OCCN1CCN(C(=O)C#Cc2ccccc2)CC1. The van der Waals surface area contributed by atoms with Crippen LogP contribution in [0.4, 0.5) is 0 Å². The van der Waals surface area contributed by atoms with Crippen LogP contribution in [0, 0.1) is 11.8 Å². The molecule has 1 saturated heterocycles. The maximum Gasteiger partial charge on any atom is 0.302 e. The molecule has 0 radical (unpaired) electrons. The second kappa shape index (κ2) is 8.20. The summed E-state index contributed by atoms with van der Waals surface area (Å²) in [6.07, 6.45) is 0. The molecule has 116 valence electrons. The lowest BCUT2D eigenvalue weighted by Crippen LogP contribution is -2.49. The quantitative estimate of drug-likeness (QED) is 0.610. The molecule has 1 aliphatic heterocycles. The average molecular weight is 300 g/mol. The highest BCUT2D eigenvalue weighted by molar-refractivity contribution is 5.94. The third-order valence-corrected chi connectivity index (χ3v) is 3.46. The van der Waals surface area contributed by atoms with E-state index in [0.717, 1.165) is 18.7 Å². The molecule has 1 aromatic rings. The maximum absolute atomic E-state index is 12.0. The Labute approximate surface area is 130 Å². The van der Waals surface area contributed by atoms with E-state index in [-0.39, 0.29) is 11.9 Å². The fourth-order valence-electron chi connectivity index (χ4n) is 2.22. The molecular formula is C17H20N2O3. The molecule has 1 fully saturated rings. The molecule has 0 bridgehead atoms. The lowest BCUT2D eigenvalue weighted by Gasteiger charge is -2.33. The molecule has 0 aliphatic carbocycles. The molecule has 2 rings (SSSR count). The van der Waals surface area contributed by atoms with Crippen molar-refractivity contribution in [3.8, 4) is 11.8 Å². The zero-order valence-corrected chi connectivity index (χ0v) is 12.7. The number of carbonyl (C=O) groups excluding carboxylic acids is 2. The van der Waals surface area contributed by atoms with Gasteiger partial charge < -0.3 is 9.64 Å². The van der Waals surface area contributed by atoms with Gasteiger partial charge in [0.1, 0.15) is 6.61 Å². The van der Waals surface area contributed by atoms with Gasteiger partial charge in [-0.1, -0.05) is 24.1 Å². The van der Waals surface area contributed by atoms with E-state index in [2.05, 4.69) is 16.7 Å². The number of carbonyl (C=O) groups is 2. The van der Waals surface area contributed by atoms with Crippen LogP contribution in [-0.4, -0.2) is 61.0 Å². The van der Waals surface area contributed by atoms with Gasteiger partial charge >= 0.3 is 5.97 Å². The predicted molar refractivity (Wildman–Crippen MR) is 83.0 cm³/mol. The Morgan fingerprint density at radius 3 is 2.45 bits per heavy atom. The Bertz CT molecular complexity index is 567. The van der Waals surface area contributed by atoms with Gasteiger partial charge in [-0.25, -0.2) is 0 Å². The van der Waals surface area contributed by atoms with Crippen LogP contribution in [0.1, 0.15) is 12.5 Å². The highest BCUT2D eigenvalue weighted by Crippen LogP contribution is 2.02. The van der Waals surface area contributed by atoms with Crippen LogP contribution in [0.25, 0.3) is 0 Å². The molecule has 1 aliphatic rings. The number of esters is 1. The first-order valence-corrected chi connectivity index (χ1v) is 7.37. The first-order chi connectivity index (χ1) is 10.6. The number of hydrogen-bond donors (Lipinski definition) is 0. The van der Waals surface area contributed by atoms with Crippen molar-refractivity contribution in [2.24, 2.45) is 0 Å². The summed E-state index contributed by atoms with van der Waals surface area (Å²) in [7, 11) is 0. The summed E-state index contributed by atoms with van der Waals surface area (Å²) in [6, 6.07) is 9.48. The second-order valence-corrected chi connectivity index (χ2v) is 5.09. The maximum atomic E-state index is 12.0. The standard InChI is InChI=1S/C17H20N2O3/c1-15(20)22-14-13-18-9-11-19(12-10-18)17(21)8-7-16-5-3-2-4-6-16/h2-6H,9-14H2,1H3. The Hall–Kier alpha value is -2.32. The van der Waals surface area contributed by atoms with Gasteiger partial charge in [-0.05, 0) is 12.1 Å². The largest absolute Gasteiger partial charge is 0.465 e. The Kier molecular flexibility index (Phi) is 5.99. The highest BCUT2D eigenvalue weighted by atomic mass is 16.5. The van der Waals surface area contributed by atoms with Crippen molar-refractivity contribution >= 4 is 11.9 Å². The molecule has 0 saturated carbocycles. The zero-order chi connectivity index (χ0) is 15.8. The third kappa shape index (κ3) is 5.23. The van der Waals surface area contributed by atoms with Gasteiger partial charge in [-0.3, -0.25) is 14.5 Å². The van der Waals surface area contributed by atoms with Crippen LogP contribution in [-0.2, 0) is 14.3 Å². The fraction of sp³-hybridized carbons (Fsp3) is 0.412. The summed E-state index contributed by atoms with van der Waals surface area (Å²) in [5, 5.41) is 0. The molecule has 1 amide bonds. The molecule has 0 N–H and O–H groups in total. The van der Waals surface area contributed by atoms with E-state index in [9.17, 15) is 9.59 Å². The van der Waals surface area contributed by atoms with E-state index < -0.39 is 0 Å². The first kappa shape index (κ1) is 16.1. The van der Waals surface area contributed by atoms with Gasteiger partial charge in [0, 0.05) is 51.1 Å². The Morgan fingerprint density at radius 2 is 1.82 bits per heavy atom. The van der Waals surface area contributed by atoms with Crippen molar-refractivity contribution < 1.29 is 14.3 Å². The minimum atomic E-state index is -0.259. The van der Waals surface area contributed by atoms with E-state index in [1.807, 2.05) is 30.3 Å². The lowest BCUT2D eigenvalue weighted by atomic mass is 10.2. The van der Waals surface area contributed by atoms with E-state index in [1.54, 1.807) is 4.90 Å². The second-order valence-electron chi connectivity index (χ2n) is 5.09. The first-order valence-electron chi connectivity index (χ1n) is 7.37. The lowest BCUT2D eigenvalue weighted by molar-refractivity contribution is -0.141. The van der Waals surface area contributed by atoms with E-state index in [4.69, 9.17) is 4.74 Å². The van der Waals surface area contributed by atoms with Crippen LogP contribution in [0.5, 0.6) is 0 Å². The van der Waals surface area contributed by atoms with Crippen molar-refractivity contribution in [2.75, 3.05) is 39.3 Å². The minimum absolute atomic E-state index is 0.136. The topological polar surface area (TPSA) is 49.9 Å². The summed E-state index contributed by atoms with van der Waals surface area (Å²) in [4.78, 5) is 26.7. The van der Waals surface area contributed by atoms with Crippen molar-refractivity contribution in [3.63, 3.8) is 0 Å². The summed E-state index contributed by atoms with van der Waals surface area (Å²) in [5.41, 5.74) is 0.843. The number of nitrogens with zero attached hydrogens (tertiary/aromatic N) is 2. The number of ether oxygens (including phenoxy) is 1. The van der Waals surface area contributed by atoms with Crippen molar-refractivity contribution in [1.29, 1.82) is 0 Å². The van der Waals surface area contributed by atoms with Crippen LogP contribution in [0.3, 0.4) is 0 Å². The molecule has 0 unspecified atom stereocenters. The van der Waals surface area contributed by atoms with E-state index >= 15 is 0 Å². The summed E-state index contributed by atoms with van der Waals surface area (Å²) in [6.45, 7) is 5.38. The summed E-state index contributed by atoms with van der Waals surface area (Å²) >= 11 is 0. The number of piperazine rings is 1. The normalized spacial score (nSPS) is 14.9. The van der Waals surface area contributed by atoms with Crippen molar-refractivity contribution in [2.45, 2.75) is 6.92 Å². The van der Waals surface area contributed by atoms with Crippen molar-refractivity contribution in [1.82, 2.24) is 9.80 Å². The smallest absolute Gasteiger partial charge is 0.302 e. The van der Waals surface area contributed by atoms with Gasteiger partial charge in [-0.2, -0.15) is 0 Å². The number of hydrogen-bond acceptors (Lipinski definition) is 4. The number of rotatable bonds is 3. The third-order valence-electron chi connectivity index (χ3n) is 3.46. The van der Waals surface area contributed by atoms with Gasteiger partial charge in [0.05, 0.1) is 0 Å². The average Bonchev–Trinajstić information content (AvgIpc) is 2.54. The minimum Gasteiger partial charge on any atom is -0.465 e. The van der Waals surface area contributed by atoms with E-state index in [1.165, 1.54) is 6.92 Å². The monoisotopic (exact) mass is 300 g/mol. The highest BCUT2D eigenvalue weighted by Gasteiger charge is 2.19. The molecule has 1 heterocycles. The molecule has 5 heteroatoms. The van der Waals surface area contributed by atoms with E-state index in [0.29, 0.717) is 26.2 Å². The molecule has 0 atom stereocenters. The number of benzene rings is 1. The number of amides is 1. The molecule has 0 spiro atoms. The molecule has 0 aromatic heterocycles. The Balaban J connectivity index is 1.76. The molecular weight excluding hydrogens is 280 g/mol. The summed E-state index contributed by atoms with van der Waals surface area (Å²) < 4.78 is 4.92. The van der Waals surface area contributed by atoms with Gasteiger partial charge in [-0.15, -0.1) is 0 Å². The molecule has 5 nitrogen and oxygen atoms in total. The van der Waals surface area contributed by atoms with Crippen LogP contribution in [0.2, 0.25) is 0 Å². The Morgan fingerprint density at radius 1 is 1.14 bits per heavy atom. The predicted octanol–water partition coefficient (Wildman–Crippen LogP) is 0.745. The molecule has 1 aromatic carbocycles. The fourth-order valence-corrected chi connectivity index (χ4v) is 2.22. The summed E-state index contributed by atoms with van der Waals surface area (Å²) in [5.74, 6) is 5.18.